The molecule has 2 aliphatic heterocycles. The number of aliphatic hydroxyl groups excluding tert-OH is 1. The number of para-hydroxylation sites is 1. The third-order valence-corrected chi connectivity index (χ3v) is 12.7. The highest BCUT2D eigenvalue weighted by Crippen LogP contribution is 2.36. The van der Waals surface area contributed by atoms with E-state index in [2.05, 4.69) is 25.8 Å². The van der Waals surface area contributed by atoms with Gasteiger partial charge in [-0.3, -0.25) is 19.3 Å². The van der Waals surface area contributed by atoms with Crippen molar-refractivity contribution in [1.82, 2.24) is 35.6 Å². The fraction of sp³-hybridized carbons (Fsp3) is 0.391. The first-order chi connectivity index (χ1) is 28.6. The van der Waals surface area contributed by atoms with Gasteiger partial charge in [-0.25, -0.2) is 4.98 Å². The number of amides is 3. The van der Waals surface area contributed by atoms with Gasteiger partial charge in [-0.15, -0.1) is 11.3 Å². The molecule has 2 fully saturated rings. The largest absolute Gasteiger partial charge is 0.507 e. The predicted molar refractivity (Wildman–Crippen MR) is 230 cm³/mol. The van der Waals surface area contributed by atoms with Crippen LogP contribution in [0, 0.1) is 12.3 Å². The van der Waals surface area contributed by atoms with Crippen molar-refractivity contribution in [2.24, 2.45) is 5.41 Å². The molecule has 0 bridgehead atoms. The van der Waals surface area contributed by atoms with E-state index in [9.17, 15) is 29.7 Å². The number of likely N-dealkylation sites (tertiary alicyclic amines) is 2. The quantitative estimate of drug-likeness (QED) is 0.112. The summed E-state index contributed by atoms with van der Waals surface area (Å²) in [4.78, 5) is 50.3. The molecule has 2 unspecified atom stereocenters. The van der Waals surface area contributed by atoms with Gasteiger partial charge >= 0.3 is 0 Å². The lowest BCUT2D eigenvalue weighted by Crippen LogP contribution is -2.59. The summed E-state index contributed by atoms with van der Waals surface area (Å²) in [5.41, 5.74) is 6.58. The Morgan fingerprint density at radius 3 is 2.28 bits per heavy atom. The molecule has 2 aliphatic rings. The molecule has 60 heavy (non-hydrogen) atoms. The molecular weight excluding hydrogens is 779 g/mol. The standard InChI is InChI=1S/C46H53N7O6S/c1-28(30-10-12-32(13-11-30)41-29(2)47-27-60-41)49-43(57)38-23-35(54)25-53(38)44(58)42(45(3,4)5)50-40(56)26-52-20-18-46(59,19-21-52)34-16-14-31(15-17-34)33-22-37(51-48-24-33)36-8-6-7-9-39(36)55/h6-17,22,24,27-28,35,38,42,54-55,59H,18-21,23,25-26H2,1-5H3,(H,49,57)(H,50,56)/t28?,35-,38+,42?/m1/s1. The number of aryl methyl sites for hydroxylation is 1. The number of nitrogens with zero attached hydrogens (tertiary/aromatic N) is 5. The molecule has 3 aromatic carbocycles. The minimum Gasteiger partial charge on any atom is -0.507 e. The summed E-state index contributed by atoms with van der Waals surface area (Å²) in [7, 11) is 0. The molecule has 5 N–H and O–H groups in total. The molecule has 2 aromatic heterocycles. The molecule has 314 valence electrons. The number of aromatic nitrogens is 3. The molecule has 14 heteroatoms. The van der Waals surface area contributed by atoms with Crippen molar-refractivity contribution < 1.29 is 29.7 Å². The zero-order valence-electron chi connectivity index (χ0n) is 34.6. The number of hydrogen-bond donors (Lipinski definition) is 5. The van der Waals surface area contributed by atoms with Crippen LogP contribution in [0.4, 0.5) is 0 Å². The van der Waals surface area contributed by atoms with Crippen LogP contribution < -0.4 is 10.6 Å². The van der Waals surface area contributed by atoms with Gasteiger partial charge in [0, 0.05) is 37.2 Å². The highest BCUT2D eigenvalue weighted by molar-refractivity contribution is 7.13. The Bertz CT molecular complexity index is 2320. The van der Waals surface area contributed by atoms with Crippen molar-refractivity contribution in [3.63, 3.8) is 0 Å². The number of phenols is 1. The fourth-order valence-corrected chi connectivity index (χ4v) is 8.93. The van der Waals surface area contributed by atoms with Crippen LogP contribution in [0.3, 0.4) is 0 Å². The molecular formula is C46H53N7O6S. The van der Waals surface area contributed by atoms with E-state index in [4.69, 9.17) is 0 Å². The average molecular weight is 832 g/mol. The summed E-state index contributed by atoms with van der Waals surface area (Å²) < 4.78 is 0. The van der Waals surface area contributed by atoms with Crippen molar-refractivity contribution >= 4 is 29.1 Å². The highest BCUT2D eigenvalue weighted by Gasteiger charge is 2.45. The molecule has 2 saturated heterocycles. The molecule has 4 atom stereocenters. The Kier molecular flexibility index (Phi) is 12.5. The molecule has 3 amide bonds. The van der Waals surface area contributed by atoms with E-state index in [1.807, 2.05) is 106 Å². The number of aliphatic hydroxyl groups is 2. The second kappa shape index (κ2) is 17.6. The van der Waals surface area contributed by atoms with Crippen molar-refractivity contribution in [2.75, 3.05) is 26.2 Å². The summed E-state index contributed by atoms with van der Waals surface area (Å²) in [6.07, 6.45) is 1.70. The number of carbonyl (C=O) groups is 3. The first-order valence-electron chi connectivity index (χ1n) is 20.3. The van der Waals surface area contributed by atoms with Gasteiger partial charge in [0.05, 0.1) is 52.3 Å². The Morgan fingerprint density at radius 2 is 1.63 bits per heavy atom. The van der Waals surface area contributed by atoms with Crippen LogP contribution in [-0.2, 0) is 20.0 Å². The Hall–Kier alpha value is -5.54. The van der Waals surface area contributed by atoms with Gasteiger partial charge in [0.25, 0.3) is 0 Å². The number of thiazole rings is 1. The molecule has 0 spiro atoms. The first kappa shape index (κ1) is 42.6. The van der Waals surface area contributed by atoms with Gasteiger partial charge in [0.1, 0.15) is 17.8 Å². The maximum absolute atomic E-state index is 14.2. The number of benzene rings is 3. The van der Waals surface area contributed by atoms with Gasteiger partial charge in [-0.05, 0) is 72.6 Å². The van der Waals surface area contributed by atoms with Crippen LogP contribution in [0.25, 0.3) is 32.8 Å². The molecule has 0 radical (unpaired) electrons. The molecule has 7 rings (SSSR count). The Balaban J connectivity index is 0.940. The van der Waals surface area contributed by atoms with E-state index < -0.39 is 35.1 Å². The molecule has 4 heterocycles. The average Bonchev–Trinajstić information content (AvgIpc) is 3.85. The Labute approximate surface area is 354 Å². The number of aromatic hydroxyl groups is 1. The summed E-state index contributed by atoms with van der Waals surface area (Å²) >= 11 is 1.58. The zero-order valence-corrected chi connectivity index (χ0v) is 35.4. The topological polar surface area (TPSA) is 181 Å². The number of piperidine rings is 1. The minimum atomic E-state index is -1.08. The van der Waals surface area contributed by atoms with Crippen LogP contribution in [0.15, 0.2) is 90.6 Å². The third kappa shape index (κ3) is 9.42. The van der Waals surface area contributed by atoms with Gasteiger partial charge in [-0.2, -0.15) is 10.2 Å². The van der Waals surface area contributed by atoms with E-state index in [-0.39, 0.29) is 43.1 Å². The van der Waals surface area contributed by atoms with Crippen LogP contribution in [-0.4, -0.2) is 102 Å². The summed E-state index contributed by atoms with van der Waals surface area (Å²) in [6, 6.07) is 22.3. The van der Waals surface area contributed by atoms with Crippen LogP contribution in [0.2, 0.25) is 0 Å². The SMILES string of the molecule is Cc1ncsc1-c1ccc(C(C)NC(=O)[C@@H]2C[C@@H](O)CN2C(=O)C(NC(=O)CN2CCC(O)(c3ccc(-c4cnnc(-c5ccccc5O)c4)cc3)CC2)C(C)(C)C)cc1. The van der Waals surface area contributed by atoms with Crippen molar-refractivity contribution in [3.8, 4) is 38.6 Å². The number of nitrogens with one attached hydrogen (secondary N) is 2. The minimum absolute atomic E-state index is 0.0128. The van der Waals surface area contributed by atoms with E-state index in [1.165, 1.54) is 4.90 Å². The predicted octanol–water partition coefficient (Wildman–Crippen LogP) is 5.60. The fourth-order valence-electron chi connectivity index (χ4n) is 8.11. The first-order valence-corrected chi connectivity index (χ1v) is 21.2. The number of β-amino-alcohol motifs (C(OH)–C–C–N with tert-alkyl or cyclic N) is 1. The van der Waals surface area contributed by atoms with E-state index >= 15 is 0 Å². The van der Waals surface area contributed by atoms with E-state index in [0.717, 1.165) is 38.4 Å². The molecule has 13 nitrogen and oxygen atoms in total. The van der Waals surface area contributed by atoms with Crippen molar-refractivity contribution in [1.29, 1.82) is 0 Å². The van der Waals surface area contributed by atoms with Gasteiger partial charge in [-0.1, -0.05) is 81.4 Å². The maximum atomic E-state index is 14.2. The second-order valence-corrected chi connectivity index (χ2v) is 18.0. The summed E-state index contributed by atoms with van der Waals surface area (Å²) in [6.45, 7) is 10.4. The van der Waals surface area contributed by atoms with Crippen molar-refractivity contribution in [2.45, 2.75) is 83.7 Å². The van der Waals surface area contributed by atoms with Crippen LogP contribution in [0.5, 0.6) is 5.75 Å². The smallest absolute Gasteiger partial charge is 0.246 e. The lowest BCUT2D eigenvalue weighted by atomic mass is 9.83. The Morgan fingerprint density at radius 1 is 0.950 bits per heavy atom. The maximum Gasteiger partial charge on any atom is 0.246 e. The zero-order chi connectivity index (χ0) is 42.8. The lowest BCUT2D eigenvalue weighted by molar-refractivity contribution is -0.144. The van der Waals surface area contributed by atoms with E-state index in [1.54, 1.807) is 35.7 Å². The number of rotatable bonds is 11. The lowest BCUT2D eigenvalue weighted by Gasteiger charge is -2.39. The summed E-state index contributed by atoms with van der Waals surface area (Å²) in [5.74, 6) is -0.994. The number of phenolic OH excluding ortho intramolecular Hbond substituents is 1. The second-order valence-electron chi connectivity index (χ2n) is 17.1. The van der Waals surface area contributed by atoms with Gasteiger partial charge in [0.15, 0.2) is 0 Å². The van der Waals surface area contributed by atoms with Gasteiger partial charge in [0.2, 0.25) is 17.7 Å². The van der Waals surface area contributed by atoms with Crippen LogP contribution in [0.1, 0.15) is 69.8 Å². The number of carbonyl (C=O) groups excluding carboxylic acids is 3. The highest BCUT2D eigenvalue weighted by atomic mass is 32.1. The van der Waals surface area contributed by atoms with E-state index in [0.29, 0.717) is 37.2 Å². The molecule has 0 aliphatic carbocycles. The molecule has 0 saturated carbocycles. The van der Waals surface area contributed by atoms with Crippen LogP contribution >= 0.6 is 11.3 Å². The molecule has 5 aromatic rings. The van der Waals surface area contributed by atoms with Gasteiger partial charge < -0.3 is 30.9 Å². The third-order valence-electron chi connectivity index (χ3n) is 11.7. The summed E-state index contributed by atoms with van der Waals surface area (Å²) in [5, 5.41) is 47.0. The monoisotopic (exact) mass is 831 g/mol. The van der Waals surface area contributed by atoms with Crippen molar-refractivity contribution in [3.05, 3.63) is 107 Å². The number of hydrogen-bond acceptors (Lipinski definition) is 11. The normalized spacial score (nSPS) is 19.1.